The van der Waals surface area contributed by atoms with E-state index in [1.54, 1.807) is 0 Å². The summed E-state index contributed by atoms with van der Waals surface area (Å²) in [7, 11) is -4.43. The second-order valence-electron chi connectivity index (χ2n) is 5.86. The van der Waals surface area contributed by atoms with E-state index in [-0.39, 0.29) is 0 Å². The maximum absolute atomic E-state index is 13.2. The first-order valence-corrected chi connectivity index (χ1v) is 10.1. The molecule has 2 atom stereocenters. The van der Waals surface area contributed by atoms with Crippen LogP contribution in [0.15, 0.2) is 47.4 Å². The van der Waals surface area contributed by atoms with E-state index in [1.807, 2.05) is 0 Å². The summed E-state index contributed by atoms with van der Waals surface area (Å²) in [6, 6.07) is 9.09. The molecule has 1 heterocycles. The number of benzene rings is 2. The highest BCUT2D eigenvalue weighted by molar-refractivity contribution is 8.00. The molecule has 3 rings (SSSR count). The van der Waals surface area contributed by atoms with Gasteiger partial charge in [0.05, 0.1) is 11.2 Å². The maximum Gasteiger partial charge on any atom is 0.534 e. The predicted octanol–water partition coefficient (Wildman–Crippen LogP) is 3.73. The molecule has 2 unspecified atom stereocenters. The maximum atomic E-state index is 13.2. The van der Waals surface area contributed by atoms with Gasteiger partial charge in [0.15, 0.2) is 0 Å². The SMILES string of the molecule is CNC(=O)C1c2cc(OS(=O)(=O)C(F)(F)F)ccc2SC1c1ccc(F)cc1. The monoisotopic (exact) mass is 435 g/mol. The molecule has 0 saturated carbocycles. The Balaban J connectivity index is 2.00. The van der Waals surface area contributed by atoms with Crippen molar-refractivity contribution in [3.05, 3.63) is 59.4 Å². The number of hydrogen-bond donors (Lipinski definition) is 1. The Morgan fingerprint density at radius 3 is 2.36 bits per heavy atom. The Bertz CT molecular complexity index is 1010. The van der Waals surface area contributed by atoms with Crippen LogP contribution in [0.3, 0.4) is 0 Å². The molecule has 0 aromatic heterocycles. The third-order valence-corrected chi connectivity index (χ3v) is 6.49. The van der Waals surface area contributed by atoms with Crippen LogP contribution in [0.2, 0.25) is 0 Å². The van der Waals surface area contributed by atoms with Gasteiger partial charge in [0.1, 0.15) is 11.6 Å². The zero-order valence-corrected chi connectivity index (χ0v) is 15.8. The van der Waals surface area contributed by atoms with E-state index in [2.05, 4.69) is 9.50 Å². The highest BCUT2D eigenvalue weighted by atomic mass is 32.2. The van der Waals surface area contributed by atoms with Gasteiger partial charge in [-0.15, -0.1) is 11.8 Å². The standard InChI is InChI=1S/C17H13F4NO4S2/c1-22-16(23)14-12-8-11(26-28(24,25)17(19,20)21)6-7-13(12)27-15(14)9-2-4-10(18)5-3-9/h2-8,14-15H,1H3,(H,22,23). The third-order valence-electron chi connectivity index (χ3n) is 4.09. The summed E-state index contributed by atoms with van der Waals surface area (Å²) in [6.45, 7) is 0. The molecule has 28 heavy (non-hydrogen) atoms. The Labute approximate surface area is 162 Å². The number of rotatable bonds is 4. The van der Waals surface area contributed by atoms with Gasteiger partial charge in [0, 0.05) is 11.9 Å². The van der Waals surface area contributed by atoms with Crippen LogP contribution >= 0.6 is 11.8 Å². The average Bonchev–Trinajstić information content (AvgIpc) is 2.99. The second-order valence-corrected chi connectivity index (χ2v) is 8.59. The molecule has 0 saturated heterocycles. The summed E-state index contributed by atoms with van der Waals surface area (Å²) < 4.78 is 77.5. The summed E-state index contributed by atoms with van der Waals surface area (Å²) >= 11 is 1.27. The Kier molecular flexibility index (Phi) is 5.32. The van der Waals surface area contributed by atoms with Gasteiger partial charge in [0.25, 0.3) is 0 Å². The first kappa shape index (κ1) is 20.5. The fourth-order valence-electron chi connectivity index (χ4n) is 2.82. The molecular formula is C17H13F4NO4S2. The van der Waals surface area contributed by atoms with Gasteiger partial charge in [-0.05, 0) is 41.5 Å². The number of halogens is 4. The minimum absolute atomic E-state index is 0.327. The number of fused-ring (bicyclic) bond motifs is 1. The zero-order valence-electron chi connectivity index (χ0n) is 14.2. The first-order chi connectivity index (χ1) is 13.0. The Morgan fingerprint density at radius 1 is 1.14 bits per heavy atom. The van der Waals surface area contributed by atoms with Crippen LogP contribution in [0.5, 0.6) is 5.75 Å². The van der Waals surface area contributed by atoms with E-state index in [4.69, 9.17) is 0 Å². The van der Waals surface area contributed by atoms with Crippen molar-refractivity contribution in [3.63, 3.8) is 0 Å². The molecule has 1 aliphatic rings. The summed E-state index contributed by atoms with van der Waals surface area (Å²) in [4.78, 5) is 13.0. The third kappa shape index (κ3) is 3.81. The number of nitrogens with one attached hydrogen (secondary N) is 1. The largest absolute Gasteiger partial charge is 0.534 e. The molecule has 0 aliphatic carbocycles. The molecule has 0 radical (unpaired) electrons. The molecule has 0 fully saturated rings. The van der Waals surface area contributed by atoms with E-state index in [9.17, 15) is 30.8 Å². The molecule has 2 aromatic rings. The summed E-state index contributed by atoms with van der Waals surface area (Å²) in [6.07, 6.45) is 0. The molecule has 0 spiro atoms. The molecular weight excluding hydrogens is 422 g/mol. The van der Waals surface area contributed by atoms with Gasteiger partial charge in [-0.25, -0.2) is 4.39 Å². The van der Waals surface area contributed by atoms with Gasteiger partial charge >= 0.3 is 15.6 Å². The normalized spacial score (nSPS) is 19.2. The van der Waals surface area contributed by atoms with Crippen molar-refractivity contribution in [2.75, 3.05) is 7.05 Å². The lowest BCUT2D eigenvalue weighted by atomic mass is 9.91. The molecule has 11 heteroatoms. The van der Waals surface area contributed by atoms with Crippen LogP contribution in [-0.2, 0) is 14.9 Å². The van der Waals surface area contributed by atoms with Crippen molar-refractivity contribution in [2.45, 2.75) is 21.6 Å². The number of likely N-dealkylation sites (N-methyl/N-ethyl adjacent to an activating group) is 1. The molecule has 150 valence electrons. The molecule has 5 nitrogen and oxygen atoms in total. The van der Waals surface area contributed by atoms with Crippen LogP contribution < -0.4 is 9.50 Å². The minimum atomic E-state index is -5.83. The van der Waals surface area contributed by atoms with Crippen molar-refractivity contribution in [2.24, 2.45) is 0 Å². The quantitative estimate of drug-likeness (QED) is 0.450. The minimum Gasteiger partial charge on any atom is -0.376 e. The summed E-state index contributed by atoms with van der Waals surface area (Å²) in [5.41, 5.74) is -4.60. The van der Waals surface area contributed by atoms with Crippen LogP contribution in [0.25, 0.3) is 0 Å². The van der Waals surface area contributed by atoms with Crippen molar-refractivity contribution >= 4 is 27.8 Å². The van der Waals surface area contributed by atoms with Crippen LogP contribution in [0.4, 0.5) is 17.6 Å². The van der Waals surface area contributed by atoms with E-state index in [0.29, 0.717) is 16.0 Å². The van der Waals surface area contributed by atoms with E-state index < -0.39 is 44.3 Å². The summed E-state index contributed by atoms with van der Waals surface area (Å²) in [5.74, 6) is -2.25. The second kappa shape index (κ2) is 7.28. The Hall–Kier alpha value is -2.27. The average molecular weight is 435 g/mol. The zero-order chi connectivity index (χ0) is 20.7. The number of alkyl halides is 3. The summed E-state index contributed by atoms with van der Waals surface area (Å²) in [5, 5.41) is 2.02. The van der Waals surface area contributed by atoms with E-state index in [1.165, 1.54) is 49.1 Å². The van der Waals surface area contributed by atoms with Crippen molar-refractivity contribution in [1.29, 1.82) is 0 Å². The van der Waals surface area contributed by atoms with Crippen molar-refractivity contribution in [3.8, 4) is 5.75 Å². The highest BCUT2D eigenvalue weighted by Gasteiger charge is 2.49. The Morgan fingerprint density at radius 2 is 1.79 bits per heavy atom. The smallest absolute Gasteiger partial charge is 0.376 e. The fourth-order valence-corrected chi connectivity index (χ4v) is 4.71. The lowest BCUT2D eigenvalue weighted by Crippen LogP contribution is -2.28. The number of carbonyl (C=O) groups excluding carboxylic acids is 1. The topological polar surface area (TPSA) is 72.5 Å². The first-order valence-electron chi connectivity index (χ1n) is 7.82. The van der Waals surface area contributed by atoms with Crippen LogP contribution in [-0.4, -0.2) is 26.9 Å². The number of carbonyl (C=O) groups is 1. The van der Waals surface area contributed by atoms with E-state index >= 15 is 0 Å². The van der Waals surface area contributed by atoms with Gasteiger partial charge in [-0.3, -0.25) is 4.79 Å². The molecule has 1 aliphatic heterocycles. The molecule has 0 bridgehead atoms. The van der Waals surface area contributed by atoms with Gasteiger partial charge in [-0.2, -0.15) is 21.6 Å². The van der Waals surface area contributed by atoms with Crippen LogP contribution in [0.1, 0.15) is 22.3 Å². The van der Waals surface area contributed by atoms with Crippen LogP contribution in [0, 0.1) is 5.82 Å². The lowest BCUT2D eigenvalue weighted by molar-refractivity contribution is -0.122. The van der Waals surface area contributed by atoms with E-state index in [0.717, 1.165) is 12.1 Å². The number of amides is 1. The fraction of sp³-hybridized carbons (Fsp3) is 0.235. The van der Waals surface area contributed by atoms with Gasteiger partial charge < -0.3 is 9.50 Å². The van der Waals surface area contributed by atoms with Crippen molar-refractivity contribution in [1.82, 2.24) is 5.32 Å². The molecule has 1 amide bonds. The van der Waals surface area contributed by atoms with Gasteiger partial charge in [-0.1, -0.05) is 12.1 Å². The predicted molar refractivity (Wildman–Crippen MR) is 93.9 cm³/mol. The van der Waals surface area contributed by atoms with Crippen molar-refractivity contribution < 1.29 is 35.0 Å². The molecule has 2 aromatic carbocycles. The highest BCUT2D eigenvalue weighted by Crippen LogP contribution is 2.55. The van der Waals surface area contributed by atoms with Gasteiger partial charge in [0.2, 0.25) is 5.91 Å². The number of thioether (sulfide) groups is 1. The number of hydrogen-bond acceptors (Lipinski definition) is 5. The molecule has 1 N–H and O–H groups in total. The lowest BCUT2D eigenvalue weighted by Gasteiger charge is -2.19.